The van der Waals surface area contributed by atoms with Gasteiger partial charge in [-0.15, -0.1) is 11.3 Å². The van der Waals surface area contributed by atoms with E-state index in [1.54, 1.807) is 18.2 Å². The SMILES string of the molecule is O=c1[nH]c(-c2ccc(F)cc2)nc2scc(-c3ccccc3Cl)c12. The van der Waals surface area contributed by atoms with Crippen LogP contribution in [0.25, 0.3) is 32.7 Å². The van der Waals surface area contributed by atoms with Gasteiger partial charge in [0.2, 0.25) is 0 Å². The maximum Gasteiger partial charge on any atom is 0.260 e. The van der Waals surface area contributed by atoms with Crippen molar-refractivity contribution in [3.05, 3.63) is 75.1 Å². The van der Waals surface area contributed by atoms with Crippen LogP contribution in [0.3, 0.4) is 0 Å². The Morgan fingerprint density at radius 1 is 1.04 bits per heavy atom. The van der Waals surface area contributed by atoms with E-state index in [4.69, 9.17) is 11.6 Å². The lowest BCUT2D eigenvalue weighted by Crippen LogP contribution is -2.09. The second-order valence-electron chi connectivity index (χ2n) is 5.23. The highest BCUT2D eigenvalue weighted by atomic mass is 35.5. The van der Waals surface area contributed by atoms with Crippen molar-refractivity contribution in [2.75, 3.05) is 0 Å². The first-order valence-corrected chi connectivity index (χ1v) is 8.41. The molecule has 0 fully saturated rings. The van der Waals surface area contributed by atoms with Crippen LogP contribution in [-0.2, 0) is 0 Å². The molecule has 0 bridgehead atoms. The summed E-state index contributed by atoms with van der Waals surface area (Å²) < 4.78 is 13.1. The Balaban J connectivity index is 1.92. The fraction of sp³-hybridized carbons (Fsp3) is 0. The van der Waals surface area contributed by atoms with Crippen LogP contribution >= 0.6 is 22.9 Å². The summed E-state index contributed by atoms with van der Waals surface area (Å²) in [7, 11) is 0. The van der Waals surface area contributed by atoms with Crippen LogP contribution < -0.4 is 5.56 Å². The van der Waals surface area contributed by atoms with Crippen molar-refractivity contribution < 1.29 is 4.39 Å². The Bertz CT molecular complexity index is 1100. The number of rotatable bonds is 2. The molecule has 4 rings (SSSR count). The van der Waals surface area contributed by atoms with Crippen molar-refractivity contribution in [3.63, 3.8) is 0 Å². The predicted molar refractivity (Wildman–Crippen MR) is 96.1 cm³/mol. The normalized spacial score (nSPS) is 11.1. The average Bonchev–Trinajstić information content (AvgIpc) is 3.00. The van der Waals surface area contributed by atoms with Gasteiger partial charge in [0.25, 0.3) is 5.56 Å². The third-order valence-corrected chi connectivity index (χ3v) is 4.93. The molecule has 2 aromatic carbocycles. The maximum absolute atomic E-state index is 13.1. The molecule has 0 radical (unpaired) electrons. The first kappa shape index (κ1) is 15.1. The topological polar surface area (TPSA) is 45.8 Å². The molecular weight excluding hydrogens is 347 g/mol. The van der Waals surface area contributed by atoms with E-state index < -0.39 is 0 Å². The fourth-order valence-electron chi connectivity index (χ4n) is 2.57. The molecule has 2 heterocycles. The highest BCUT2D eigenvalue weighted by molar-refractivity contribution is 7.17. The monoisotopic (exact) mass is 356 g/mol. The van der Waals surface area contributed by atoms with Gasteiger partial charge in [-0.2, -0.15) is 0 Å². The van der Waals surface area contributed by atoms with Crippen molar-refractivity contribution in [2.45, 2.75) is 0 Å². The molecule has 0 saturated heterocycles. The highest BCUT2D eigenvalue weighted by Crippen LogP contribution is 2.35. The van der Waals surface area contributed by atoms with Gasteiger partial charge >= 0.3 is 0 Å². The van der Waals surface area contributed by atoms with Crippen LogP contribution in [0.4, 0.5) is 4.39 Å². The largest absolute Gasteiger partial charge is 0.306 e. The number of thiophene rings is 1. The van der Waals surface area contributed by atoms with E-state index in [9.17, 15) is 9.18 Å². The Labute approximate surface area is 145 Å². The summed E-state index contributed by atoms with van der Waals surface area (Å²) in [6.45, 7) is 0. The van der Waals surface area contributed by atoms with E-state index in [0.717, 1.165) is 11.1 Å². The number of aromatic amines is 1. The van der Waals surface area contributed by atoms with Crippen molar-refractivity contribution in [1.29, 1.82) is 0 Å². The molecular formula is C18H10ClFN2OS. The molecule has 118 valence electrons. The molecule has 0 amide bonds. The van der Waals surface area contributed by atoms with Gasteiger partial charge in [-0.05, 0) is 30.3 Å². The van der Waals surface area contributed by atoms with Crippen LogP contribution in [0.1, 0.15) is 0 Å². The van der Waals surface area contributed by atoms with Gasteiger partial charge in [-0.1, -0.05) is 29.8 Å². The Morgan fingerprint density at radius 2 is 1.79 bits per heavy atom. The Morgan fingerprint density at radius 3 is 2.54 bits per heavy atom. The number of benzene rings is 2. The van der Waals surface area contributed by atoms with Gasteiger partial charge < -0.3 is 4.98 Å². The highest BCUT2D eigenvalue weighted by Gasteiger charge is 2.15. The molecule has 0 aliphatic heterocycles. The van der Waals surface area contributed by atoms with Crippen molar-refractivity contribution in [1.82, 2.24) is 9.97 Å². The minimum atomic E-state index is -0.334. The van der Waals surface area contributed by atoms with E-state index in [2.05, 4.69) is 9.97 Å². The van der Waals surface area contributed by atoms with Crippen molar-refractivity contribution >= 4 is 33.2 Å². The number of aromatic nitrogens is 2. The summed E-state index contributed by atoms with van der Waals surface area (Å²) in [6, 6.07) is 13.2. The summed E-state index contributed by atoms with van der Waals surface area (Å²) in [5, 5.41) is 2.97. The first-order valence-electron chi connectivity index (χ1n) is 7.16. The second kappa shape index (κ2) is 5.85. The number of halogens is 2. The zero-order chi connectivity index (χ0) is 16.7. The Hall–Kier alpha value is -2.50. The quantitative estimate of drug-likeness (QED) is 0.542. The lowest BCUT2D eigenvalue weighted by molar-refractivity contribution is 0.628. The molecule has 4 aromatic rings. The summed E-state index contributed by atoms with van der Waals surface area (Å²) >= 11 is 7.63. The zero-order valence-corrected chi connectivity index (χ0v) is 13.8. The van der Waals surface area contributed by atoms with Gasteiger partial charge in [0.1, 0.15) is 16.5 Å². The number of fused-ring (bicyclic) bond motifs is 1. The molecule has 3 nitrogen and oxygen atoms in total. The van der Waals surface area contributed by atoms with Gasteiger partial charge in [0.05, 0.1) is 5.39 Å². The van der Waals surface area contributed by atoms with Gasteiger partial charge in [0.15, 0.2) is 0 Å². The second-order valence-corrected chi connectivity index (χ2v) is 6.50. The van der Waals surface area contributed by atoms with E-state index in [-0.39, 0.29) is 11.4 Å². The summed E-state index contributed by atoms with van der Waals surface area (Å²) in [6.07, 6.45) is 0. The average molecular weight is 357 g/mol. The molecule has 0 aliphatic carbocycles. The predicted octanol–water partition coefficient (Wildman–Crippen LogP) is 5.11. The molecule has 0 atom stereocenters. The number of hydrogen-bond donors (Lipinski definition) is 1. The third-order valence-electron chi connectivity index (χ3n) is 3.73. The molecule has 0 spiro atoms. The minimum Gasteiger partial charge on any atom is -0.306 e. The molecule has 24 heavy (non-hydrogen) atoms. The van der Waals surface area contributed by atoms with Crippen LogP contribution in [0.5, 0.6) is 0 Å². The zero-order valence-electron chi connectivity index (χ0n) is 12.2. The van der Waals surface area contributed by atoms with Gasteiger partial charge in [-0.25, -0.2) is 9.37 Å². The molecule has 0 aliphatic rings. The molecule has 1 N–H and O–H groups in total. The summed E-state index contributed by atoms with van der Waals surface area (Å²) in [4.78, 5) is 20.5. The van der Waals surface area contributed by atoms with Crippen molar-refractivity contribution in [3.8, 4) is 22.5 Å². The standard InChI is InChI=1S/C18H10ClFN2OS/c19-14-4-2-1-3-12(14)13-9-24-18-15(13)17(23)21-16(22-18)10-5-7-11(20)8-6-10/h1-9H,(H,21,22,23). The van der Waals surface area contributed by atoms with Crippen LogP contribution in [0.2, 0.25) is 5.02 Å². The molecule has 0 unspecified atom stereocenters. The lowest BCUT2D eigenvalue weighted by atomic mass is 10.1. The number of H-pyrrole nitrogens is 1. The van der Waals surface area contributed by atoms with Crippen LogP contribution in [-0.4, -0.2) is 9.97 Å². The van der Waals surface area contributed by atoms with Crippen LogP contribution in [0, 0.1) is 5.82 Å². The number of nitrogens with one attached hydrogen (secondary N) is 1. The number of hydrogen-bond acceptors (Lipinski definition) is 3. The van der Waals surface area contributed by atoms with E-state index in [1.807, 2.05) is 23.6 Å². The smallest absolute Gasteiger partial charge is 0.260 e. The molecule has 0 saturated carbocycles. The maximum atomic E-state index is 13.1. The summed E-state index contributed by atoms with van der Waals surface area (Å²) in [5.74, 6) is 0.0827. The minimum absolute atomic E-state index is 0.240. The van der Waals surface area contributed by atoms with Gasteiger partial charge in [0, 0.05) is 27.1 Å². The first-order chi connectivity index (χ1) is 11.6. The summed E-state index contributed by atoms with van der Waals surface area (Å²) in [5.41, 5.74) is 1.98. The van der Waals surface area contributed by atoms with Crippen molar-refractivity contribution in [2.24, 2.45) is 0 Å². The van der Waals surface area contributed by atoms with Gasteiger partial charge in [-0.3, -0.25) is 4.79 Å². The fourth-order valence-corrected chi connectivity index (χ4v) is 3.75. The van der Waals surface area contributed by atoms with Crippen LogP contribution in [0.15, 0.2) is 58.7 Å². The van der Waals surface area contributed by atoms with E-state index >= 15 is 0 Å². The number of nitrogens with zero attached hydrogens (tertiary/aromatic N) is 1. The molecule has 2 aromatic heterocycles. The Kier molecular flexibility index (Phi) is 3.67. The third kappa shape index (κ3) is 2.52. The lowest BCUT2D eigenvalue weighted by Gasteiger charge is -2.04. The van der Waals surface area contributed by atoms with E-state index in [1.165, 1.54) is 23.5 Å². The van der Waals surface area contributed by atoms with E-state index in [0.29, 0.717) is 26.6 Å². The molecule has 6 heteroatoms.